The molecule has 0 fully saturated rings. The van der Waals surface area contributed by atoms with Crippen molar-refractivity contribution in [2.75, 3.05) is 15.4 Å². The Hall–Kier alpha value is -3.91. The fourth-order valence-electron chi connectivity index (χ4n) is 3.16. The van der Waals surface area contributed by atoms with E-state index in [0.29, 0.717) is 17.5 Å². The van der Waals surface area contributed by atoms with Crippen LogP contribution in [-0.4, -0.2) is 18.4 Å². The van der Waals surface area contributed by atoms with Crippen LogP contribution in [0.2, 0.25) is 0 Å². The molecule has 0 aliphatic rings. The molecule has 1 heterocycles. The van der Waals surface area contributed by atoms with E-state index in [0.717, 1.165) is 22.6 Å². The number of anilines is 5. The minimum absolute atomic E-state index is 0.223. The standard InChI is InChI=1S/C25H25N5O2S/c1-17-4-8-21(9-5-17)28-25-26-19(3)16-24(29-25)27-20-10-12-22(13-11-20)30-33(31,32)23-14-6-18(2)7-15-23/h4-16,30H,1-3H3,(H2,26,27,28,29). The highest BCUT2D eigenvalue weighted by Gasteiger charge is 2.13. The Morgan fingerprint density at radius 1 is 0.636 bits per heavy atom. The molecule has 0 bridgehead atoms. The summed E-state index contributed by atoms with van der Waals surface area (Å²) in [7, 11) is -3.64. The van der Waals surface area contributed by atoms with Crippen molar-refractivity contribution in [1.29, 1.82) is 0 Å². The van der Waals surface area contributed by atoms with Crippen LogP contribution < -0.4 is 15.4 Å². The Bertz CT molecular complexity index is 1350. The lowest BCUT2D eigenvalue weighted by Gasteiger charge is -2.12. The maximum atomic E-state index is 12.6. The molecule has 0 saturated heterocycles. The molecule has 0 spiro atoms. The van der Waals surface area contributed by atoms with Crippen molar-refractivity contribution in [3.05, 3.63) is 95.7 Å². The number of aryl methyl sites for hydroxylation is 3. The number of nitrogens with zero attached hydrogens (tertiary/aromatic N) is 2. The highest BCUT2D eigenvalue weighted by Crippen LogP contribution is 2.22. The third-order valence-electron chi connectivity index (χ3n) is 4.90. The van der Waals surface area contributed by atoms with Gasteiger partial charge in [-0.3, -0.25) is 4.72 Å². The number of aromatic nitrogens is 2. The predicted molar refractivity (Wildman–Crippen MR) is 133 cm³/mol. The largest absolute Gasteiger partial charge is 0.340 e. The van der Waals surface area contributed by atoms with Gasteiger partial charge in [0.05, 0.1) is 4.90 Å². The van der Waals surface area contributed by atoms with Crippen molar-refractivity contribution in [1.82, 2.24) is 9.97 Å². The van der Waals surface area contributed by atoms with Gasteiger partial charge in [0, 0.05) is 28.8 Å². The first kappa shape index (κ1) is 22.3. The molecule has 0 aliphatic heterocycles. The summed E-state index contributed by atoms with van der Waals surface area (Å²) >= 11 is 0. The zero-order valence-corrected chi connectivity index (χ0v) is 19.4. The van der Waals surface area contributed by atoms with Crippen molar-refractivity contribution in [3.63, 3.8) is 0 Å². The molecule has 1 aromatic heterocycles. The Kier molecular flexibility index (Phi) is 6.28. The van der Waals surface area contributed by atoms with Gasteiger partial charge in [-0.25, -0.2) is 13.4 Å². The van der Waals surface area contributed by atoms with Crippen LogP contribution in [0.5, 0.6) is 0 Å². The fraction of sp³-hybridized carbons (Fsp3) is 0.120. The SMILES string of the molecule is Cc1ccc(Nc2nc(C)cc(Nc3ccc(NS(=O)(=O)c4ccc(C)cc4)cc3)n2)cc1. The first-order chi connectivity index (χ1) is 15.8. The van der Waals surface area contributed by atoms with Crippen LogP contribution in [0, 0.1) is 20.8 Å². The van der Waals surface area contributed by atoms with E-state index in [-0.39, 0.29) is 4.90 Å². The molecule has 0 atom stereocenters. The van der Waals surface area contributed by atoms with Crippen molar-refractivity contribution < 1.29 is 8.42 Å². The molecule has 0 saturated carbocycles. The quantitative estimate of drug-likeness (QED) is 0.329. The molecule has 0 unspecified atom stereocenters. The number of hydrogen-bond acceptors (Lipinski definition) is 6. The van der Waals surface area contributed by atoms with Crippen molar-refractivity contribution >= 4 is 38.9 Å². The molecule has 4 aromatic rings. The van der Waals surface area contributed by atoms with Gasteiger partial charge in [0.25, 0.3) is 10.0 Å². The minimum Gasteiger partial charge on any atom is -0.340 e. The van der Waals surface area contributed by atoms with Crippen molar-refractivity contribution in [3.8, 4) is 0 Å². The van der Waals surface area contributed by atoms with Gasteiger partial charge in [-0.2, -0.15) is 4.98 Å². The second kappa shape index (κ2) is 9.30. The van der Waals surface area contributed by atoms with Crippen molar-refractivity contribution in [2.24, 2.45) is 0 Å². The van der Waals surface area contributed by atoms with E-state index < -0.39 is 10.0 Å². The normalized spacial score (nSPS) is 11.1. The summed E-state index contributed by atoms with van der Waals surface area (Å²) in [4.78, 5) is 9.20. The van der Waals surface area contributed by atoms with Gasteiger partial charge in [-0.1, -0.05) is 35.4 Å². The van der Waals surface area contributed by atoms with E-state index >= 15 is 0 Å². The molecule has 0 radical (unpaired) electrons. The molecular weight excluding hydrogens is 434 g/mol. The second-order valence-corrected chi connectivity index (χ2v) is 9.51. The van der Waals surface area contributed by atoms with Gasteiger partial charge in [-0.05, 0) is 69.3 Å². The number of nitrogens with one attached hydrogen (secondary N) is 3. The summed E-state index contributed by atoms with van der Waals surface area (Å²) in [5.74, 6) is 1.12. The summed E-state index contributed by atoms with van der Waals surface area (Å²) in [5.41, 5.74) is 5.14. The van der Waals surface area contributed by atoms with E-state index in [1.54, 1.807) is 48.5 Å². The number of sulfonamides is 1. The monoisotopic (exact) mass is 459 g/mol. The molecule has 3 N–H and O–H groups in total. The third kappa shape index (κ3) is 5.87. The number of hydrogen-bond donors (Lipinski definition) is 3. The van der Waals surface area contributed by atoms with Gasteiger partial charge in [0.2, 0.25) is 5.95 Å². The molecule has 168 valence electrons. The number of benzene rings is 3. The average molecular weight is 460 g/mol. The predicted octanol–water partition coefficient (Wildman–Crippen LogP) is 5.69. The molecule has 4 rings (SSSR count). The molecular formula is C25H25N5O2S. The molecule has 33 heavy (non-hydrogen) atoms. The Labute approximate surface area is 194 Å². The van der Waals surface area contributed by atoms with Gasteiger partial charge in [-0.15, -0.1) is 0 Å². The molecule has 7 nitrogen and oxygen atoms in total. The summed E-state index contributed by atoms with van der Waals surface area (Å²) in [6.07, 6.45) is 0. The Balaban J connectivity index is 1.46. The maximum Gasteiger partial charge on any atom is 0.261 e. The highest BCUT2D eigenvalue weighted by molar-refractivity contribution is 7.92. The lowest BCUT2D eigenvalue weighted by Crippen LogP contribution is -2.12. The Morgan fingerprint density at radius 3 is 1.79 bits per heavy atom. The Morgan fingerprint density at radius 2 is 1.15 bits per heavy atom. The van der Waals surface area contributed by atoms with E-state index in [9.17, 15) is 8.42 Å². The minimum atomic E-state index is -3.64. The molecule has 3 aromatic carbocycles. The zero-order valence-electron chi connectivity index (χ0n) is 18.6. The first-order valence-electron chi connectivity index (χ1n) is 10.4. The van der Waals surface area contributed by atoms with Crippen LogP contribution >= 0.6 is 0 Å². The van der Waals surface area contributed by atoms with Crippen LogP contribution in [-0.2, 0) is 10.0 Å². The molecule has 8 heteroatoms. The number of rotatable bonds is 7. The van der Waals surface area contributed by atoms with Gasteiger partial charge in [0.15, 0.2) is 0 Å². The smallest absolute Gasteiger partial charge is 0.261 e. The van der Waals surface area contributed by atoms with Crippen molar-refractivity contribution in [2.45, 2.75) is 25.7 Å². The second-order valence-electron chi connectivity index (χ2n) is 7.83. The zero-order chi connectivity index (χ0) is 23.4. The van der Waals surface area contributed by atoms with Crippen LogP contribution in [0.15, 0.2) is 83.8 Å². The van der Waals surface area contributed by atoms with Crippen LogP contribution in [0.1, 0.15) is 16.8 Å². The van der Waals surface area contributed by atoms with Gasteiger partial charge >= 0.3 is 0 Å². The van der Waals surface area contributed by atoms with E-state index in [4.69, 9.17) is 0 Å². The van der Waals surface area contributed by atoms with Crippen LogP contribution in [0.3, 0.4) is 0 Å². The molecule has 0 aliphatic carbocycles. The first-order valence-corrected chi connectivity index (χ1v) is 11.9. The summed E-state index contributed by atoms with van der Waals surface area (Å²) in [6, 6.07) is 23.5. The summed E-state index contributed by atoms with van der Waals surface area (Å²) < 4.78 is 27.8. The summed E-state index contributed by atoms with van der Waals surface area (Å²) in [5, 5.41) is 6.45. The van der Waals surface area contributed by atoms with E-state index in [2.05, 4.69) is 25.3 Å². The lowest BCUT2D eigenvalue weighted by atomic mass is 10.2. The average Bonchev–Trinajstić information content (AvgIpc) is 2.76. The topological polar surface area (TPSA) is 96.0 Å². The fourth-order valence-corrected chi connectivity index (χ4v) is 4.21. The van der Waals surface area contributed by atoms with Gasteiger partial charge < -0.3 is 10.6 Å². The van der Waals surface area contributed by atoms with Gasteiger partial charge in [0.1, 0.15) is 5.82 Å². The lowest BCUT2D eigenvalue weighted by molar-refractivity contribution is 0.601. The van der Waals surface area contributed by atoms with Crippen LogP contribution in [0.4, 0.5) is 28.8 Å². The molecule has 0 amide bonds. The summed E-state index contributed by atoms with van der Waals surface area (Å²) in [6.45, 7) is 5.85. The third-order valence-corrected chi connectivity index (χ3v) is 6.30. The van der Waals surface area contributed by atoms with Crippen LogP contribution in [0.25, 0.3) is 0 Å². The van der Waals surface area contributed by atoms with E-state index in [1.807, 2.05) is 51.1 Å². The maximum absolute atomic E-state index is 12.6. The van der Waals surface area contributed by atoms with E-state index in [1.165, 1.54) is 5.56 Å². The highest BCUT2D eigenvalue weighted by atomic mass is 32.2.